The molecule has 0 aliphatic rings. The summed E-state index contributed by atoms with van der Waals surface area (Å²) in [6, 6.07) is 3.66. The van der Waals surface area contributed by atoms with Crippen LogP contribution < -0.4 is 5.32 Å². The van der Waals surface area contributed by atoms with E-state index in [4.69, 9.17) is 5.11 Å². The summed E-state index contributed by atoms with van der Waals surface area (Å²) in [7, 11) is 0. The lowest BCUT2D eigenvalue weighted by molar-refractivity contribution is -0.385. The zero-order valence-electron chi connectivity index (χ0n) is 8.26. The maximum absolute atomic E-state index is 10.9. The number of nitro groups is 1. The van der Waals surface area contributed by atoms with Crippen molar-refractivity contribution in [3.8, 4) is 0 Å². The Hall–Kier alpha value is -2.44. The molecule has 0 radical (unpaired) electrons. The second-order valence-electron chi connectivity index (χ2n) is 2.94. The van der Waals surface area contributed by atoms with Crippen LogP contribution in [0.2, 0.25) is 0 Å². The zero-order valence-corrected chi connectivity index (χ0v) is 8.26. The van der Waals surface area contributed by atoms with E-state index in [-0.39, 0.29) is 5.69 Å². The first-order valence-corrected chi connectivity index (χ1v) is 4.21. The number of nitro benzene ring substituents is 1. The van der Waals surface area contributed by atoms with E-state index < -0.39 is 28.1 Å². The molecule has 1 aromatic carbocycles. The van der Waals surface area contributed by atoms with Crippen molar-refractivity contribution in [1.82, 2.24) is 0 Å². The molecule has 16 heavy (non-hydrogen) atoms. The van der Waals surface area contributed by atoms with Crippen LogP contribution in [0.15, 0.2) is 18.2 Å². The summed E-state index contributed by atoms with van der Waals surface area (Å²) >= 11 is 0. The molecular weight excluding hydrogens is 216 g/mol. The molecule has 0 aliphatic heterocycles. The molecule has 0 bridgehead atoms. The fraction of sp³-hybridized carbons (Fsp3) is 0.111. The Morgan fingerprint density at radius 2 is 2.06 bits per heavy atom. The number of hydrogen-bond donors (Lipinski definition) is 2. The van der Waals surface area contributed by atoms with E-state index in [1.165, 1.54) is 19.1 Å². The van der Waals surface area contributed by atoms with Gasteiger partial charge in [0.25, 0.3) is 5.69 Å². The Balaban J connectivity index is 3.38. The van der Waals surface area contributed by atoms with Crippen LogP contribution in [0.5, 0.6) is 0 Å². The van der Waals surface area contributed by atoms with Gasteiger partial charge in [-0.25, -0.2) is 4.79 Å². The molecule has 0 atom stereocenters. The molecule has 0 saturated heterocycles. The monoisotopic (exact) mass is 224 g/mol. The summed E-state index contributed by atoms with van der Waals surface area (Å²) in [6.07, 6.45) is 0. The van der Waals surface area contributed by atoms with Crippen LogP contribution in [0.1, 0.15) is 17.3 Å². The Kier molecular flexibility index (Phi) is 3.19. The third kappa shape index (κ3) is 2.32. The molecule has 0 unspecified atom stereocenters. The maximum atomic E-state index is 10.9. The van der Waals surface area contributed by atoms with Crippen molar-refractivity contribution in [3.05, 3.63) is 33.9 Å². The first-order valence-electron chi connectivity index (χ1n) is 4.21. The number of amides is 1. The van der Waals surface area contributed by atoms with E-state index in [0.717, 1.165) is 6.07 Å². The van der Waals surface area contributed by atoms with E-state index in [2.05, 4.69) is 5.32 Å². The predicted molar refractivity (Wildman–Crippen MR) is 54.4 cm³/mol. The zero-order chi connectivity index (χ0) is 12.3. The van der Waals surface area contributed by atoms with Crippen molar-refractivity contribution in [2.45, 2.75) is 6.92 Å². The molecule has 84 valence electrons. The third-order valence-electron chi connectivity index (χ3n) is 1.76. The third-order valence-corrected chi connectivity index (χ3v) is 1.76. The highest BCUT2D eigenvalue weighted by Crippen LogP contribution is 2.26. The van der Waals surface area contributed by atoms with Crippen LogP contribution in [-0.4, -0.2) is 21.9 Å². The first-order chi connectivity index (χ1) is 7.43. The van der Waals surface area contributed by atoms with Gasteiger partial charge < -0.3 is 10.4 Å². The molecule has 7 nitrogen and oxygen atoms in total. The average Bonchev–Trinajstić information content (AvgIpc) is 2.15. The van der Waals surface area contributed by atoms with Gasteiger partial charge >= 0.3 is 5.97 Å². The van der Waals surface area contributed by atoms with Crippen LogP contribution in [0.25, 0.3) is 0 Å². The summed E-state index contributed by atoms with van der Waals surface area (Å²) in [6.45, 7) is 1.18. The van der Waals surface area contributed by atoms with E-state index in [9.17, 15) is 19.7 Å². The molecule has 0 fully saturated rings. The number of nitrogens with zero attached hydrogens (tertiary/aromatic N) is 1. The molecule has 0 aromatic heterocycles. The predicted octanol–water partition coefficient (Wildman–Crippen LogP) is 1.25. The minimum Gasteiger partial charge on any atom is -0.477 e. The minimum atomic E-state index is -1.46. The smallest absolute Gasteiger partial charge is 0.344 e. The number of nitrogens with one attached hydrogen (secondary N) is 1. The van der Waals surface area contributed by atoms with Gasteiger partial charge in [0.1, 0.15) is 0 Å². The fourth-order valence-electron chi connectivity index (χ4n) is 1.21. The topological polar surface area (TPSA) is 110 Å². The summed E-state index contributed by atoms with van der Waals surface area (Å²) in [5.41, 5.74) is -1.17. The molecule has 1 amide bonds. The van der Waals surface area contributed by atoms with E-state index >= 15 is 0 Å². The first kappa shape index (κ1) is 11.6. The number of hydrogen-bond acceptors (Lipinski definition) is 4. The van der Waals surface area contributed by atoms with Gasteiger partial charge in [0.15, 0.2) is 5.56 Å². The number of carbonyl (C=O) groups excluding carboxylic acids is 1. The highest BCUT2D eigenvalue weighted by molar-refractivity contribution is 6.03. The van der Waals surface area contributed by atoms with Crippen molar-refractivity contribution < 1.29 is 19.6 Å². The normalized spacial score (nSPS) is 9.56. The number of aromatic carboxylic acids is 1. The van der Waals surface area contributed by atoms with Gasteiger partial charge in [-0.05, 0) is 6.07 Å². The molecule has 0 aliphatic carbocycles. The van der Waals surface area contributed by atoms with Crippen molar-refractivity contribution in [1.29, 1.82) is 0 Å². The Morgan fingerprint density at radius 3 is 2.50 bits per heavy atom. The van der Waals surface area contributed by atoms with Gasteiger partial charge in [-0.1, -0.05) is 6.07 Å². The highest BCUT2D eigenvalue weighted by Gasteiger charge is 2.23. The lowest BCUT2D eigenvalue weighted by atomic mass is 10.1. The van der Waals surface area contributed by atoms with Crippen LogP contribution in [0, 0.1) is 10.1 Å². The summed E-state index contributed by atoms with van der Waals surface area (Å²) in [4.78, 5) is 31.5. The fourth-order valence-corrected chi connectivity index (χ4v) is 1.21. The molecular formula is C9H8N2O5. The quantitative estimate of drug-likeness (QED) is 0.593. The van der Waals surface area contributed by atoms with Gasteiger partial charge in [0.05, 0.1) is 10.6 Å². The summed E-state index contributed by atoms with van der Waals surface area (Å²) < 4.78 is 0. The number of carboxylic acid groups (broad SMARTS) is 1. The van der Waals surface area contributed by atoms with E-state index in [1.807, 2.05) is 0 Å². The van der Waals surface area contributed by atoms with Gasteiger partial charge in [-0.15, -0.1) is 0 Å². The number of carboxylic acids is 1. The second-order valence-corrected chi connectivity index (χ2v) is 2.94. The van der Waals surface area contributed by atoms with Crippen molar-refractivity contribution >= 4 is 23.3 Å². The van der Waals surface area contributed by atoms with Gasteiger partial charge in [-0.3, -0.25) is 14.9 Å². The summed E-state index contributed by atoms with van der Waals surface area (Å²) in [5, 5.41) is 21.7. The number of anilines is 1. The van der Waals surface area contributed by atoms with Crippen LogP contribution >= 0.6 is 0 Å². The Bertz CT molecular complexity index is 469. The van der Waals surface area contributed by atoms with Gasteiger partial charge in [-0.2, -0.15) is 0 Å². The minimum absolute atomic E-state index is 0.0887. The Morgan fingerprint density at radius 1 is 1.44 bits per heavy atom. The maximum Gasteiger partial charge on any atom is 0.344 e. The van der Waals surface area contributed by atoms with Crippen molar-refractivity contribution in [3.63, 3.8) is 0 Å². The highest BCUT2D eigenvalue weighted by atomic mass is 16.6. The largest absolute Gasteiger partial charge is 0.477 e. The van der Waals surface area contributed by atoms with E-state index in [1.54, 1.807) is 0 Å². The van der Waals surface area contributed by atoms with E-state index in [0.29, 0.717) is 0 Å². The Labute approximate surface area is 89.8 Å². The van der Waals surface area contributed by atoms with Crippen LogP contribution in [0.4, 0.5) is 11.4 Å². The molecule has 1 aromatic rings. The average molecular weight is 224 g/mol. The number of carbonyl (C=O) groups is 2. The summed E-state index contributed by atoms with van der Waals surface area (Å²) in [5.74, 6) is -1.96. The number of benzene rings is 1. The molecule has 1 rings (SSSR count). The van der Waals surface area contributed by atoms with Gasteiger partial charge in [0.2, 0.25) is 5.91 Å². The van der Waals surface area contributed by atoms with Crippen molar-refractivity contribution in [2.75, 3.05) is 5.32 Å². The molecule has 2 N–H and O–H groups in total. The molecule has 0 heterocycles. The van der Waals surface area contributed by atoms with Crippen LogP contribution in [0.3, 0.4) is 0 Å². The lowest BCUT2D eigenvalue weighted by Crippen LogP contribution is -2.12. The standard InChI is InChI=1S/C9H8N2O5/c1-5(12)10-6-3-2-4-7(11(15)16)8(6)9(13)14/h2-4H,1H3,(H,10,12)(H,13,14). The molecule has 0 saturated carbocycles. The van der Waals surface area contributed by atoms with Crippen LogP contribution in [-0.2, 0) is 4.79 Å². The van der Waals surface area contributed by atoms with Crippen molar-refractivity contribution in [2.24, 2.45) is 0 Å². The van der Waals surface area contributed by atoms with Gasteiger partial charge in [0, 0.05) is 13.0 Å². The lowest BCUT2D eigenvalue weighted by Gasteiger charge is -2.06. The second kappa shape index (κ2) is 4.39. The molecule has 7 heteroatoms. The number of rotatable bonds is 3. The SMILES string of the molecule is CC(=O)Nc1cccc([N+](=O)[O-])c1C(=O)O. The molecule has 0 spiro atoms.